The van der Waals surface area contributed by atoms with E-state index in [9.17, 15) is 18.0 Å². The van der Waals surface area contributed by atoms with E-state index in [0.29, 0.717) is 12.1 Å². The van der Waals surface area contributed by atoms with Crippen LogP contribution >= 0.6 is 0 Å². The summed E-state index contributed by atoms with van der Waals surface area (Å²) >= 11 is 0. The molecule has 1 aromatic rings. The van der Waals surface area contributed by atoms with Gasteiger partial charge in [-0.1, -0.05) is 0 Å². The van der Waals surface area contributed by atoms with E-state index in [1.54, 1.807) is 0 Å². The predicted octanol–water partition coefficient (Wildman–Crippen LogP) is 0.000900. The molecule has 0 aliphatic rings. The summed E-state index contributed by atoms with van der Waals surface area (Å²) in [5, 5.41) is 22.7. The minimum Gasteiger partial charge on any atom is -0.478 e. The molecule has 5 N–H and O–H groups in total. The highest BCUT2D eigenvalue weighted by molar-refractivity contribution is 7.85. The third-order valence-electron chi connectivity index (χ3n) is 1.70. The maximum atomic E-state index is 10.8. The number of nitrogens with one attached hydrogen (secondary N) is 2. The van der Waals surface area contributed by atoms with Crippen molar-refractivity contribution >= 4 is 22.1 Å². The first-order valence-electron chi connectivity index (χ1n) is 5.81. The van der Waals surface area contributed by atoms with Crippen molar-refractivity contribution in [2.45, 2.75) is 4.90 Å². The Morgan fingerprint density at radius 3 is 1.32 bits per heavy atom. The largest absolute Gasteiger partial charge is 0.478 e. The standard InChI is InChI=1S/C8H6O7S.2C2H7N/c9-7(10)4-1-5(8(11)12)3-6(2-4)16(13,14)15;2*1-3-2/h1-3H,(H,9,10)(H,11,12)(H,13,14,15);2*3H,1-2H3. The Hall–Kier alpha value is -2.01. The van der Waals surface area contributed by atoms with Gasteiger partial charge in [-0.2, -0.15) is 8.42 Å². The number of aromatic carboxylic acids is 2. The van der Waals surface area contributed by atoms with E-state index in [0.717, 1.165) is 6.07 Å². The van der Waals surface area contributed by atoms with E-state index in [-0.39, 0.29) is 0 Å². The van der Waals surface area contributed by atoms with Crippen molar-refractivity contribution < 1.29 is 32.8 Å². The SMILES string of the molecule is CNC.CNC.O=C(O)c1cc(C(=O)O)cc(S(=O)(=O)O)c1. The minimum atomic E-state index is -4.64. The number of hydrogen-bond acceptors (Lipinski definition) is 6. The first-order chi connectivity index (χ1) is 10.0. The number of benzene rings is 1. The Morgan fingerprint density at radius 2 is 1.14 bits per heavy atom. The quantitative estimate of drug-likeness (QED) is 0.480. The molecule has 126 valence electrons. The Bertz CT molecular complexity index is 565. The van der Waals surface area contributed by atoms with Crippen LogP contribution in [0.1, 0.15) is 20.7 Å². The van der Waals surface area contributed by atoms with Crippen LogP contribution < -0.4 is 10.6 Å². The van der Waals surface area contributed by atoms with Crippen LogP contribution in [0.4, 0.5) is 0 Å². The van der Waals surface area contributed by atoms with Crippen molar-refractivity contribution in [1.82, 2.24) is 10.6 Å². The topological polar surface area (TPSA) is 153 Å². The molecule has 0 spiro atoms. The highest BCUT2D eigenvalue weighted by Crippen LogP contribution is 2.15. The summed E-state index contributed by atoms with van der Waals surface area (Å²) in [5.41, 5.74) is -1.07. The molecule has 22 heavy (non-hydrogen) atoms. The van der Waals surface area contributed by atoms with Crippen molar-refractivity contribution in [3.05, 3.63) is 29.3 Å². The lowest BCUT2D eigenvalue weighted by Gasteiger charge is -2.02. The Balaban J connectivity index is 0. The van der Waals surface area contributed by atoms with E-state index in [1.165, 1.54) is 0 Å². The maximum Gasteiger partial charge on any atom is 0.335 e. The molecule has 1 rings (SSSR count). The number of rotatable bonds is 3. The maximum absolute atomic E-state index is 10.8. The van der Waals surface area contributed by atoms with Crippen LogP contribution in [0, 0.1) is 0 Å². The number of carboxylic acids is 2. The van der Waals surface area contributed by atoms with Crippen molar-refractivity contribution in [2.24, 2.45) is 0 Å². The zero-order valence-corrected chi connectivity index (χ0v) is 13.4. The van der Waals surface area contributed by atoms with Crippen LogP contribution in [0.25, 0.3) is 0 Å². The summed E-state index contributed by atoms with van der Waals surface area (Å²) in [5.74, 6) is -2.99. The smallest absolute Gasteiger partial charge is 0.335 e. The number of hydrogen-bond donors (Lipinski definition) is 5. The van der Waals surface area contributed by atoms with Gasteiger partial charge in [0.1, 0.15) is 0 Å². The van der Waals surface area contributed by atoms with Gasteiger partial charge in [0, 0.05) is 0 Å². The van der Waals surface area contributed by atoms with Crippen molar-refractivity contribution in [3.8, 4) is 0 Å². The summed E-state index contributed by atoms with van der Waals surface area (Å²) in [6, 6.07) is 2.13. The first kappa shape index (κ1) is 22.3. The normalized spacial score (nSPS) is 9.68. The molecule has 0 aliphatic carbocycles. The van der Waals surface area contributed by atoms with Gasteiger partial charge >= 0.3 is 11.9 Å². The molecule has 0 amide bonds. The van der Waals surface area contributed by atoms with E-state index < -0.39 is 38.1 Å². The van der Waals surface area contributed by atoms with Gasteiger partial charge < -0.3 is 20.8 Å². The number of carboxylic acid groups (broad SMARTS) is 2. The monoisotopic (exact) mass is 336 g/mol. The zero-order chi connectivity index (χ0) is 17.9. The van der Waals surface area contributed by atoms with E-state index in [2.05, 4.69) is 10.6 Å². The Labute approximate surface area is 128 Å². The van der Waals surface area contributed by atoms with Gasteiger partial charge in [-0.3, -0.25) is 4.55 Å². The zero-order valence-electron chi connectivity index (χ0n) is 12.6. The van der Waals surface area contributed by atoms with Gasteiger partial charge in [0.05, 0.1) is 16.0 Å². The van der Waals surface area contributed by atoms with Crippen LogP contribution in [0.5, 0.6) is 0 Å². The molecular formula is C12H20N2O7S. The molecule has 0 bridgehead atoms. The third-order valence-corrected chi connectivity index (χ3v) is 2.53. The summed E-state index contributed by atoms with van der Waals surface area (Å²) in [6.07, 6.45) is 0. The van der Waals surface area contributed by atoms with Crippen molar-refractivity contribution in [2.75, 3.05) is 28.2 Å². The lowest BCUT2D eigenvalue weighted by molar-refractivity contribution is 0.0696. The molecule has 0 atom stereocenters. The molecule has 0 aromatic heterocycles. The van der Waals surface area contributed by atoms with Crippen molar-refractivity contribution in [3.63, 3.8) is 0 Å². The minimum absolute atomic E-state index is 0.535. The van der Waals surface area contributed by atoms with Crippen molar-refractivity contribution in [1.29, 1.82) is 0 Å². The fourth-order valence-electron chi connectivity index (χ4n) is 0.995. The lowest BCUT2D eigenvalue weighted by atomic mass is 10.1. The average molecular weight is 336 g/mol. The molecule has 0 unspecified atom stereocenters. The second-order valence-corrected chi connectivity index (χ2v) is 5.25. The third kappa shape index (κ3) is 9.02. The van der Waals surface area contributed by atoms with E-state index in [4.69, 9.17) is 14.8 Å². The fraction of sp³-hybridized carbons (Fsp3) is 0.333. The molecule has 9 nitrogen and oxygen atoms in total. The molecule has 0 saturated heterocycles. The van der Waals surface area contributed by atoms with Crippen LogP contribution in [0.15, 0.2) is 23.1 Å². The summed E-state index contributed by atoms with van der Waals surface area (Å²) in [4.78, 5) is 20.4. The van der Waals surface area contributed by atoms with E-state index >= 15 is 0 Å². The van der Waals surface area contributed by atoms with Gasteiger partial charge in [-0.05, 0) is 46.4 Å². The fourth-order valence-corrected chi connectivity index (χ4v) is 1.55. The molecule has 1 aromatic carbocycles. The molecular weight excluding hydrogens is 316 g/mol. The van der Waals surface area contributed by atoms with Crippen LogP contribution in [0.3, 0.4) is 0 Å². The highest BCUT2D eigenvalue weighted by atomic mass is 32.2. The van der Waals surface area contributed by atoms with Gasteiger partial charge in [0.15, 0.2) is 0 Å². The second kappa shape index (κ2) is 10.7. The predicted molar refractivity (Wildman–Crippen MR) is 80.1 cm³/mol. The first-order valence-corrected chi connectivity index (χ1v) is 7.25. The molecule has 0 aliphatic heterocycles. The Kier molecular flexibility index (Phi) is 10.8. The van der Waals surface area contributed by atoms with Gasteiger partial charge in [-0.15, -0.1) is 0 Å². The van der Waals surface area contributed by atoms with Crippen LogP contribution in [0.2, 0.25) is 0 Å². The molecule has 10 heteroatoms. The molecule has 0 fully saturated rings. The van der Waals surface area contributed by atoms with Gasteiger partial charge in [0.25, 0.3) is 10.1 Å². The second-order valence-electron chi connectivity index (χ2n) is 3.83. The average Bonchev–Trinajstić information content (AvgIpc) is 2.39. The summed E-state index contributed by atoms with van der Waals surface area (Å²) in [7, 11) is 2.86. The Morgan fingerprint density at radius 1 is 0.864 bits per heavy atom. The summed E-state index contributed by atoms with van der Waals surface area (Å²) in [6.45, 7) is 0. The van der Waals surface area contributed by atoms with Gasteiger partial charge in [0.2, 0.25) is 0 Å². The number of carbonyl (C=O) groups is 2. The van der Waals surface area contributed by atoms with Crippen LogP contribution in [-0.2, 0) is 10.1 Å². The molecule has 0 saturated carbocycles. The van der Waals surface area contributed by atoms with E-state index in [1.807, 2.05) is 28.2 Å². The van der Waals surface area contributed by atoms with Crippen LogP contribution in [-0.4, -0.2) is 63.3 Å². The summed E-state index contributed by atoms with van der Waals surface area (Å²) < 4.78 is 30.2. The molecule has 0 radical (unpaired) electrons. The molecule has 0 heterocycles. The van der Waals surface area contributed by atoms with Gasteiger partial charge in [-0.25, -0.2) is 9.59 Å². The highest BCUT2D eigenvalue weighted by Gasteiger charge is 2.17. The lowest BCUT2D eigenvalue weighted by Crippen LogP contribution is -2.07.